The van der Waals surface area contributed by atoms with Crippen LogP contribution in [0.4, 0.5) is 18.9 Å². The predicted octanol–water partition coefficient (Wildman–Crippen LogP) is 4.94. The quantitative estimate of drug-likeness (QED) is 0.518. The van der Waals surface area contributed by atoms with E-state index in [2.05, 4.69) is 15.5 Å². The average molecular weight is 482 g/mol. The average Bonchev–Trinajstić information content (AvgIpc) is 3.48. The fourth-order valence-electron chi connectivity index (χ4n) is 3.79. The molecule has 1 amide bonds. The van der Waals surface area contributed by atoms with Crippen molar-refractivity contribution in [3.05, 3.63) is 57.6 Å². The number of rotatable bonds is 7. The summed E-state index contributed by atoms with van der Waals surface area (Å²) in [7, 11) is 1.59. The van der Waals surface area contributed by atoms with Crippen molar-refractivity contribution >= 4 is 23.2 Å². The number of hydrogen-bond donors (Lipinski definition) is 1. The van der Waals surface area contributed by atoms with Gasteiger partial charge in [0.2, 0.25) is 5.91 Å². The first-order valence-electron chi connectivity index (χ1n) is 10.4. The molecule has 176 valence electrons. The molecule has 0 unspecified atom stereocenters. The summed E-state index contributed by atoms with van der Waals surface area (Å²) in [6.45, 7) is 3.67. The van der Waals surface area contributed by atoms with Crippen LogP contribution in [0.3, 0.4) is 0 Å². The second-order valence-electron chi connectivity index (χ2n) is 8.08. The standard InChI is InChI=1S/C22H23ClF3N5O2/c1-12-19(13(2)30(28-12)10-14-5-4-6-16(9-14)33-3)27-17(32)11-31-20(15-7-8-15)18(23)21(29-31)22(24,25)26/h4-6,9,15H,7-8,10-11H2,1-3H3,(H,27,32). The van der Waals surface area contributed by atoms with Gasteiger partial charge >= 0.3 is 6.18 Å². The maximum atomic E-state index is 13.3. The molecule has 11 heteroatoms. The maximum Gasteiger partial charge on any atom is 0.436 e. The monoisotopic (exact) mass is 481 g/mol. The number of amides is 1. The van der Waals surface area contributed by atoms with Crippen LogP contribution >= 0.6 is 11.6 Å². The number of nitrogens with one attached hydrogen (secondary N) is 1. The van der Waals surface area contributed by atoms with E-state index in [0.717, 1.165) is 34.5 Å². The lowest BCUT2D eigenvalue weighted by molar-refractivity contribution is -0.141. The Morgan fingerprint density at radius 2 is 1.97 bits per heavy atom. The highest BCUT2D eigenvalue weighted by Gasteiger charge is 2.42. The molecule has 1 saturated carbocycles. The number of benzene rings is 1. The van der Waals surface area contributed by atoms with E-state index in [0.29, 0.717) is 17.9 Å². The molecule has 2 aromatic heterocycles. The largest absolute Gasteiger partial charge is 0.497 e. The minimum absolute atomic E-state index is 0.108. The first-order valence-corrected chi connectivity index (χ1v) is 10.8. The molecule has 1 N–H and O–H groups in total. The molecule has 0 spiro atoms. The maximum absolute atomic E-state index is 13.3. The topological polar surface area (TPSA) is 74.0 Å². The Morgan fingerprint density at radius 1 is 1.24 bits per heavy atom. The zero-order valence-electron chi connectivity index (χ0n) is 18.3. The highest BCUT2D eigenvalue weighted by molar-refractivity contribution is 6.32. The number of ether oxygens (including phenoxy) is 1. The number of aromatic nitrogens is 4. The van der Waals surface area contributed by atoms with E-state index in [-0.39, 0.29) is 18.2 Å². The molecule has 2 heterocycles. The molecular weight excluding hydrogens is 459 g/mol. The molecule has 0 saturated heterocycles. The van der Waals surface area contributed by atoms with Gasteiger partial charge in [-0.1, -0.05) is 23.7 Å². The molecular formula is C22H23ClF3N5O2. The summed E-state index contributed by atoms with van der Waals surface area (Å²) in [5.74, 6) is 0.116. The number of halogens is 4. The lowest BCUT2D eigenvalue weighted by Gasteiger charge is -2.10. The van der Waals surface area contributed by atoms with Gasteiger partial charge in [0.25, 0.3) is 0 Å². The third kappa shape index (κ3) is 4.85. The molecule has 7 nitrogen and oxygen atoms in total. The van der Waals surface area contributed by atoms with Crippen molar-refractivity contribution in [2.75, 3.05) is 12.4 Å². The van der Waals surface area contributed by atoms with Gasteiger partial charge in [0.15, 0.2) is 5.69 Å². The third-order valence-electron chi connectivity index (χ3n) is 5.57. The van der Waals surface area contributed by atoms with Gasteiger partial charge in [0, 0.05) is 5.92 Å². The lowest BCUT2D eigenvalue weighted by atomic mass is 10.2. The van der Waals surface area contributed by atoms with Crippen LogP contribution in [0.1, 0.15) is 47.1 Å². The predicted molar refractivity (Wildman–Crippen MR) is 117 cm³/mol. The van der Waals surface area contributed by atoms with Crippen LogP contribution in [0.5, 0.6) is 5.75 Å². The molecule has 0 radical (unpaired) electrons. The molecule has 1 aliphatic rings. The number of nitrogens with zero attached hydrogens (tertiary/aromatic N) is 4. The molecule has 4 rings (SSSR count). The summed E-state index contributed by atoms with van der Waals surface area (Å²) < 4.78 is 47.9. The Kier molecular flexibility index (Phi) is 6.13. The van der Waals surface area contributed by atoms with Gasteiger partial charge in [-0.2, -0.15) is 23.4 Å². The van der Waals surface area contributed by atoms with Gasteiger partial charge in [0.05, 0.1) is 41.4 Å². The summed E-state index contributed by atoms with van der Waals surface area (Å²) in [6.07, 6.45) is -3.24. The van der Waals surface area contributed by atoms with Crippen molar-refractivity contribution in [2.24, 2.45) is 0 Å². The van der Waals surface area contributed by atoms with Crippen LogP contribution < -0.4 is 10.1 Å². The van der Waals surface area contributed by atoms with E-state index in [9.17, 15) is 18.0 Å². The zero-order valence-corrected chi connectivity index (χ0v) is 19.1. The molecule has 1 aliphatic carbocycles. The van der Waals surface area contributed by atoms with Gasteiger partial charge in [0.1, 0.15) is 12.3 Å². The molecule has 0 atom stereocenters. The van der Waals surface area contributed by atoms with E-state index >= 15 is 0 Å². The number of aryl methyl sites for hydroxylation is 1. The fraction of sp³-hybridized carbons (Fsp3) is 0.409. The smallest absolute Gasteiger partial charge is 0.436 e. The highest BCUT2D eigenvalue weighted by atomic mass is 35.5. The van der Waals surface area contributed by atoms with Crippen molar-refractivity contribution in [2.45, 2.75) is 51.9 Å². The van der Waals surface area contributed by atoms with Crippen LogP contribution in [0.15, 0.2) is 24.3 Å². The van der Waals surface area contributed by atoms with Crippen LogP contribution in [0, 0.1) is 13.8 Å². The third-order valence-corrected chi connectivity index (χ3v) is 5.94. The first kappa shape index (κ1) is 23.2. The number of anilines is 1. The van der Waals surface area contributed by atoms with Crippen LogP contribution in [0.25, 0.3) is 0 Å². The van der Waals surface area contributed by atoms with E-state index in [1.54, 1.807) is 18.7 Å². The summed E-state index contributed by atoms with van der Waals surface area (Å²) >= 11 is 5.99. The molecule has 1 fully saturated rings. The minimum atomic E-state index is -4.68. The first-order chi connectivity index (χ1) is 15.6. The number of alkyl halides is 3. The highest BCUT2D eigenvalue weighted by Crippen LogP contribution is 2.46. The summed E-state index contributed by atoms with van der Waals surface area (Å²) in [5.41, 5.74) is 1.92. The van der Waals surface area contributed by atoms with Gasteiger partial charge in [-0.3, -0.25) is 14.2 Å². The zero-order chi connectivity index (χ0) is 23.9. The number of carbonyl (C=O) groups is 1. The van der Waals surface area contributed by atoms with E-state index in [1.807, 2.05) is 31.2 Å². The molecule has 1 aromatic carbocycles. The van der Waals surface area contributed by atoms with Gasteiger partial charge < -0.3 is 10.1 Å². The minimum Gasteiger partial charge on any atom is -0.497 e. The van der Waals surface area contributed by atoms with Gasteiger partial charge in [-0.15, -0.1) is 0 Å². The normalized spacial score (nSPS) is 13.9. The van der Waals surface area contributed by atoms with Gasteiger partial charge in [-0.05, 0) is 44.4 Å². The summed E-state index contributed by atoms with van der Waals surface area (Å²) in [4.78, 5) is 12.8. The second kappa shape index (κ2) is 8.74. The van der Waals surface area contributed by atoms with Crippen LogP contribution in [-0.4, -0.2) is 32.6 Å². The lowest BCUT2D eigenvalue weighted by Crippen LogP contribution is -2.22. The van der Waals surface area contributed by atoms with Crippen LogP contribution in [0.2, 0.25) is 5.02 Å². The van der Waals surface area contributed by atoms with Crippen molar-refractivity contribution in [1.29, 1.82) is 0 Å². The van der Waals surface area contributed by atoms with Crippen molar-refractivity contribution in [1.82, 2.24) is 19.6 Å². The second-order valence-corrected chi connectivity index (χ2v) is 8.46. The van der Waals surface area contributed by atoms with Crippen molar-refractivity contribution in [3.63, 3.8) is 0 Å². The summed E-state index contributed by atoms with van der Waals surface area (Å²) in [6, 6.07) is 7.56. The molecule has 33 heavy (non-hydrogen) atoms. The van der Waals surface area contributed by atoms with Crippen molar-refractivity contribution in [3.8, 4) is 5.75 Å². The fourth-order valence-corrected chi connectivity index (χ4v) is 4.19. The Balaban J connectivity index is 1.53. The molecule has 0 bridgehead atoms. The Labute approximate surface area is 193 Å². The Hall–Kier alpha value is -3.01. The number of hydrogen-bond acceptors (Lipinski definition) is 4. The SMILES string of the molecule is COc1cccc(Cn2nc(C)c(NC(=O)Cn3nc(C(F)(F)F)c(Cl)c3C3CC3)c2C)c1. The van der Waals surface area contributed by atoms with E-state index in [1.165, 1.54) is 0 Å². The molecule has 0 aliphatic heterocycles. The van der Waals surface area contributed by atoms with Crippen LogP contribution in [-0.2, 0) is 24.1 Å². The van der Waals surface area contributed by atoms with Gasteiger partial charge in [-0.25, -0.2) is 0 Å². The number of carbonyl (C=O) groups excluding carboxylic acids is 1. The van der Waals surface area contributed by atoms with E-state index < -0.39 is 22.8 Å². The molecule has 3 aromatic rings. The number of methoxy groups -OCH3 is 1. The summed E-state index contributed by atoms with van der Waals surface area (Å²) in [5, 5.41) is 10.5. The van der Waals surface area contributed by atoms with Crippen molar-refractivity contribution < 1.29 is 22.7 Å². The van der Waals surface area contributed by atoms with E-state index in [4.69, 9.17) is 16.3 Å². The Bertz CT molecular complexity index is 1200. The Morgan fingerprint density at radius 3 is 2.61 bits per heavy atom.